The summed E-state index contributed by atoms with van der Waals surface area (Å²) < 4.78 is 5.47. The fraction of sp³-hybridized carbons (Fsp3) is 0.429. The maximum Gasteiger partial charge on any atom is 0.162 e. The van der Waals surface area contributed by atoms with E-state index >= 15 is 0 Å². The first-order chi connectivity index (χ1) is 12.4. The fourth-order valence-corrected chi connectivity index (χ4v) is 5.57. The van der Waals surface area contributed by atoms with E-state index in [1.807, 2.05) is 17.6 Å². The highest BCUT2D eigenvalue weighted by Crippen LogP contribution is 2.55. The molecule has 4 nitrogen and oxygen atoms in total. The number of methoxy groups -OCH3 is 1. The molecule has 1 aromatic heterocycles. The average Bonchev–Trinajstić information content (AvgIpc) is 3.07. The number of thiazole rings is 1. The highest BCUT2D eigenvalue weighted by molar-refractivity contribution is 7.10. The molecule has 0 spiro atoms. The molecule has 0 amide bonds. The molecule has 136 valence electrons. The average molecular weight is 369 g/mol. The van der Waals surface area contributed by atoms with E-state index in [1.54, 1.807) is 18.4 Å². The van der Waals surface area contributed by atoms with Crippen LogP contribution in [-0.4, -0.2) is 17.9 Å². The Bertz CT molecular complexity index is 912. The second-order valence-electron chi connectivity index (χ2n) is 7.94. The predicted octanol–water partition coefficient (Wildman–Crippen LogP) is 4.92. The van der Waals surface area contributed by atoms with Gasteiger partial charge < -0.3 is 10.1 Å². The van der Waals surface area contributed by atoms with Gasteiger partial charge in [0.1, 0.15) is 11.6 Å². The summed E-state index contributed by atoms with van der Waals surface area (Å²) in [7, 11) is 1.68. The summed E-state index contributed by atoms with van der Waals surface area (Å²) in [6.45, 7) is 6.48. The van der Waals surface area contributed by atoms with E-state index in [-0.39, 0.29) is 11.2 Å². The Balaban J connectivity index is 2.02. The minimum atomic E-state index is -0.459. The number of aromatic nitrogens is 1. The van der Waals surface area contributed by atoms with Gasteiger partial charge in [0.25, 0.3) is 0 Å². The first-order valence-electron chi connectivity index (χ1n) is 9.03. The summed E-state index contributed by atoms with van der Waals surface area (Å²) in [6.07, 6.45) is 2.24. The summed E-state index contributed by atoms with van der Waals surface area (Å²) >= 11 is 1.62. The third-order valence-electron chi connectivity index (χ3n) is 5.62. The number of benzene rings is 1. The first kappa shape index (κ1) is 17.3. The van der Waals surface area contributed by atoms with Crippen molar-refractivity contribution in [3.05, 3.63) is 51.5 Å². The lowest BCUT2D eigenvalue weighted by Gasteiger charge is -2.44. The van der Waals surface area contributed by atoms with Crippen molar-refractivity contribution in [2.24, 2.45) is 5.41 Å². The Morgan fingerprint density at radius 2 is 2.12 bits per heavy atom. The van der Waals surface area contributed by atoms with Gasteiger partial charge in [0.05, 0.1) is 22.9 Å². The molecule has 0 radical (unpaired) electrons. The minimum absolute atomic E-state index is 0.0374. The van der Waals surface area contributed by atoms with Crippen molar-refractivity contribution in [1.82, 2.24) is 4.98 Å². The number of rotatable bonds is 3. The zero-order chi connectivity index (χ0) is 18.5. The molecule has 1 atom stereocenters. The molecule has 1 unspecified atom stereocenters. The van der Waals surface area contributed by atoms with Gasteiger partial charge in [-0.3, -0.25) is 4.79 Å². The van der Waals surface area contributed by atoms with Gasteiger partial charge >= 0.3 is 0 Å². The molecule has 5 heteroatoms. The first-order valence-corrected chi connectivity index (χ1v) is 9.91. The molecule has 1 aliphatic carbocycles. The van der Waals surface area contributed by atoms with Crippen molar-refractivity contribution < 1.29 is 9.53 Å². The molecule has 2 aromatic rings. The van der Waals surface area contributed by atoms with Gasteiger partial charge in [0.15, 0.2) is 5.78 Å². The molecule has 1 N–H and O–H groups in total. The van der Waals surface area contributed by atoms with E-state index in [1.165, 1.54) is 0 Å². The van der Waals surface area contributed by atoms with Crippen LogP contribution in [0.5, 0.6) is 5.75 Å². The summed E-state index contributed by atoms with van der Waals surface area (Å²) in [4.78, 5) is 19.0. The van der Waals surface area contributed by atoms with Crippen molar-refractivity contribution >= 4 is 22.9 Å². The molecule has 0 saturated heterocycles. The third kappa shape index (κ3) is 2.41. The zero-order valence-corrected chi connectivity index (χ0v) is 16.5. The van der Waals surface area contributed by atoms with Gasteiger partial charge in [0.2, 0.25) is 0 Å². The predicted molar refractivity (Wildman–Crippen MR) is 105 cm³/mol. The van der Waals surface area contributed by atoms with Gasteiger partial charge in [0, 0.05) is 17.7 Å². The Morgan fingerprint density at radius 3 is 2.85 bits per heavy atom. The van der Waals surface area contributed by atoms with Crippen molar-refractivity contribution in [2.75, 3.05) is 12.4 Å². The molecule has 26 heavy (non-hydrogen) atoms. The maximum absolute atomic E-state index is 13.3. The molecule has 4 rings (SSSR count). The zero-order valence-electron chi connectivity index (χ0n) is 15.7. The van der Waals surface area contributed by atoms with Crippen LogP contribution in [0.25, 0.3) is 0 Å². The van der Waals surface area contributed by atoms with Gasteiger partial charge in [-0.2, -0.15) is 0 Å². The second kappa shape index (κ2) is 5.95. The third-order valence-corrected chi connectivity index (χ3v) is 6.61. The molecule has 2 aliphatic rings. The van der Waals surface area contributed by atoms with Crippen LogP contribution in [0.15, 0.2) is 41.0 Å². The van der Waals surface area contributed by atoms with E-state index in [2.05, 4.69) is 43.2 Å². The van der Waals surface area contributed by atoms with E-state index in [9.17, 15) is 4.79 Å². The molecular formula is C21H24N2O2S. The summed E-state index contributed by atoms with van der Waals surface area (Å²) in [5.41, 5.74) is 4.44. The number of nitrogens with zero attached hydrogens (tertiary/aromatic N) is 1. The second-order valence-corrected chi connectivity index (χ2v) is 8.80. The maximum atomic E-state index is 13.3. The van der Waals surface area contributed by atoms with Crippen LogP contribution < -0.4 is 10.1 Å². The fourth-order valence-electron chi connectivity index (χ4n) is 4.52. The number of anilines is 1. The Labute approximate surface area is 158 Å². The number of carbonyl (C=O) groups excluding carboxylic acids is 1. The summed E-state index contributed by atoms with van der Waals surface area (Å²) in [5, 5.41) is 3.48. The quantitative estimate of drug-likeness (QED) is 0.836. The highest BCUT2D eigenvalue weighted by atomic mass is 32.1. The largest absolute Gasteiger partial charge is 0.497 e. The molecule has 0 saturated carbocycles. The lowest BCUT2D eigenvalue weighted by Crippen LogP contribution is -2.42. The molecule has 0 bridgehead atoms. The molecular weight excluding hydrogens is 344 g/mol. The number of fused-ring (bicyclic) bond motifs is 1. The van der Waals surface area contributed by atoms with E-state index in [4.69, 9.17) is 4.74 Å². The number of hydrogen-bond donors (Lipinski definition) is 1. The SMILES string of the molecule is CCC1(c2cccc(OC)c2)C2=C(CC(C)(C)CC2=O)Nc2ncsc21. The molecule has 1 aliphatic heterocycles. The van der Waals surface area contributed by atoms with E-state index < -0.39 is 5.41 Å². The van der Waals surface area contributed by atoms with Gasteiger partial charge in [-0.15, -0.1) is 11.3 Å². The van der Waals surface area contributed by atoms with Crippen molar-refractivity contribution in [2.45, 2.75) is 45.4 Å². The van der Waals surface area contributed by atoms with Crippen molar-refractivity contribution in [3.63, 3.8) is 0 Å². The normalized spacial score (nSPS) is 23.9. The minimum Gasteiger partial charge on any atom is -0.497 e. The van der Waals surface area contributed by atoms with E-state index in [0.29, 0.717) is 6.42 Å². The van der Waals surface area contributed by atoms with Gasteiger partial charge in [-0.1, -0.05) is 32.9 Å². The summed E-state index contributed by atoms with van der Waals surface area (Å²) in [6, 6.07) is 8.13. The Hall–Kier alpha value is -2.14. The van der Waals surface area contributed by atoms with Crippen LogP contribution in [-0.2, 0) is 10.2 Å². The summed E-state index contributed by atoms with van der Waals surface area (Å²) in [5.74, 6) is 1.95. The molecule has 0 fully saturated rings. The van der Waals surface area contributed by atoms with Crippen LogP contribution in [0.1, 0.15) is 50.5 Å². The Morgan fingerprint density at radius 1 is 1.31 bits per heavy atom. The number of carbonyl (C=O) groups is 1. The topological polar surface area (TPSA) is 51.2 Å². The number of allylic oxidation sites excluding steroid dienone is 2. The number of Topliss-reactive ketones (excluding diaryl/α,β-unsaturated/α-hetero) is 1. The van der Waals surface area contributed by atoms with Crippen LogP contribution >= 0.6 is 11.3 Å². The highest BCUT2D eigenvalue weighted by Gasteiger charge is 2.50. The Kier molecular flexibility index (Phi) is 3.95. The van der Waals surface area contributed by atoms with Crippen molar-refractivity contribution in [1.29, 1.82) is 0 Å². The van der Waals surface area contributed by atoms with Gasteiger partial charge in [-0.05, 0) is 36.0 Å². The number of nitrogens with one attached hydrogen (secondary N) is 1. The van der Waals surface area contributed by atoms with Crippen molar-refractivity contribution in [3.8, 4) is 5.75 Å². The van der Waals surface area contributed by atoms with Gasteiger partial charge in [-0.25, -0.2) is 4.98 Å². The van der Waals surface area contributed by atoms with Crippen LogP contribution in [0.3, 0.4) is 0 Å². The number of ketones is 1. The molecule has 2 heterocycles. The standard InChI is InChI=1S/C21H24N2O2S/c1-5-21(13-7-6-8-14(9-13)25-4)17-15(10-20(2,3)11-16(17)24)23-19-18(21)26-12-22-19/h6-9,12,23H,5,10-11H2,1-4H3. The van der Waals surface area contributed by atoms with Crippen LogP contribution in [0.4, 0.5) is 5.82 Å². The molecule has 1 aromatic carbocycles. The van der Waals surface area contributed by atoms with Crippen LogP contribution in [0, 0.1) is 5.41 Å². The lowest BCUT2D eigenvalue weighted by molar-refractivity contribution is -0.118. The lowest BCUT2D eigenvalue weighted by atomic mass is 9.62. The monoisotopic (exact) mass is 368 g/mol. The number of hydrogen-bond acceptors (Lipinski definition) is 5. The smallest absolute Gasteiger partial charge is 0.162 e. The number of ether oxygens (including phenoxy) is 1. The van der Waals surface area contributed by atoms with Crippen LogP contribution in [0.2, 0.25) is 0 Å². The van der Waals surface area contributed by atoms with E-state index in [0.717, 1.165) is 46.1 Å².